The van der Waals surface area contributed by atoms with E-state index in [9.17, 15) is 0 Å². The number of nitrogens with one attached hydrogen (secondary N) is 1. The van der Waals surface area contributed by atoms with Gasteiger partial charge in [-0.25, -0.2) is 0 Å². The monoisotopic (exact) mass is 379 g/mol. The summed E-state index contributed by atoms with van der Waals surface area (Å²) in [4.78, 5) is 2.53. The summed E-state index contributed by atoms with van der Waals surface area (Å²) < 4.78 is 11.7. The molecule has 1 fully saturated rings. The largest absolute Gasteiger partial charge is 0.493 e. The van der Waals surface area contributed by atoms with Gasteiger partial charge in [0.05, 0.1) is 19.8 Å². The Morgan fingerprint density at radius 1 is 1.14 bits per heavy atom. The van der Waals surface area contributed by atoms with Crippen LogP contribution < -0.4 is 14.9 Å². The van der Waals surface area contributed by atoms with E-state index < -0.39 is 0 Å². The number of nitrogens with zero attached hydrogens (tertiary/aromatic N) is 2. The first kappa shape index (κ1) is 18.8. The Kier molecular flexibility index (Phi) is 5.81. The summed E-state index contributed by atoms with van der Waals surface area (Å²) in [7, 11) is 1.70. The molecule has 2 atom stereocenters. The van der Waals surface area contributed by atoms with E-state index in [1.165, 1.54) is 11.3 Å². The van der Waals surface area contributed by atoms with E-state index >= 15 is 0 Å². The first-order valence-corrected chi connectivity index (χ1v) is 10.2. The Morgan fingerprint density at radius 3 is 2.79 bits per heavy atom. The average Bonchev–Trinajstić information content (AvgIpc) is 3.15. The molecule has 2 aliphatic rings. The van der Waals surface area contributed by atoms with Gasteiger partial charge in [0.2, 0.25) is 0 Å². The predicted molar refractivity (Wildman–Crippen MR) is 112 cm³/mol. The molecule has 0 aliphatic carbocycles. The Hall–Kier alpha value is -2.53. The van der Waals surface area contributed by atoms with Crippen LogP contribution in [-0.4, -0.2) is 37.4 Å². The number of methoxy groups -OCH3 is 1. The summed E-state index contributed by atoms with van der Waals surface area (Å²) in [6.45, 7) is 5.83. The van der Waals surface area contributed by atoms with Crippen LogP contribution in [0.25, 0.3) is 0 Å². The quantitative estimate of drug-likeness (QED) is 0.790. The molecule has 0 spiro atoms. The molecular formula is C23H29N3O2. The van der Waals surface area contributed by atoms with E-state index in [-0.39, 0.29) is 6.04 Å². The number of rotatable bonds is 7. The summed E-state index contributed by atoms with van der Waals surface area (Å²) in [5.41, 5.74) is 7.17. The standard InChI is InChI=1S/C23H29N3O2/c1-3-14-28-23-18(10-7-11-21(23)27-2)22-19-16-26(13-12-20(19)24-25-22)15-17-8-5-4-6-9-17/h4-11,19,22,25H,3,12-16H2,1-2H3. The van der Waals surface area contributed by atoms with Crippen LogP contribution in [0.3, 0.4) is 0 Å². The summed E-state index contributed by atoms with van der Waals surface area (Å²) in [6.07, 6.45) is 1.97. The van der Waals surface area contributed by atoms with Crippen molar-refractivity contribution in [1.82, 2.24) is 10.3 Å². The summed E-state index contributed by atoms with van der Waals surface area (Å²) in [5, 5.41) is 4.68. The van der Waals surface area contributed by atoms with Gasteiger partial charge in [0.15, 0.2) is 11.5 Å². The van der Waals surface area contributed by atoms with Crippen LogP contribution in [-0.2, 0) is 6.54 Å². The molecule has 5 heteroatoms. The highest BCUT2D eigenvalue weighted by Crippen LogP contribution is 2.41. The van der Waals surface area contributed by atoms with Crippen molar-refractivity contribution in [3.8, 4) is 11.5 Å². The van der Waals surface area contributed by atoms with Crippen LogP contribution in [0.15, 0.2) is 53.6 Å². The molecule has 4 rings (SSSR count). The summed E-state index contributed by atoms with van der Waals surface area (Å²) >= 11 is 0. The maximum Gasteiger partial charge on any atom is 0.166 e. The lowest BCUT2D eigenvalue weighted by Crippen LogP contribution is -2.41. The highest BCUT2D eigenvalue weighted by molar-refractivity contribution is 5.90. The fraction of sp³-hybridized carbons (Fsp3) is 0.435. The van der Waals surface area contributed by atoms with Gasteiger partial charge in [0, 0.05) is 43.2 Å². The third kappa shape index (κ3) is 3.85. The molecule has 0 radical (unpaired) electrons. The van der Waals surface area contributed by atoms with Crippen molar-refractivity contribution in [3.63, 3.8) is 0 Å². The first-order valence-electron chi connectivity index (χ1n) is 10.2. The second-order valence-corrected chi connectivity index (χ2v) is 7.51. The van der Waals surface area contributed by atoms with Crippen LogP contribution in [0, 0.1) is 5.92 Å². The van der Waals surface area contributed by atoms with Gasteiger partial charge in [0.25, 0.3) is 0 Å². The molecule has 2 unspecified atom stereocenters. The lowest BCUT2D eigenvalue weighted by atomic mass is 9.85. The second kappa shape index (κ2) is 8.65. The van der Waals surface area contributed by atoms with Crippen LogP contribution in [0.2, 0.25) is 0 Å². The number of likely N-dealkylation sites (tertiary alicyclic amines) is 1. The highest BCUT2D eigenvalue weighted by Gasteiger charge is 2.38. The number of para-hydroxylation sites is 1. The van der Waals surface area contributed by atoms with Gasteiger partial charge in [-0.05, 0) is 18.1 Å². The van der Waals surface area contributed by atoms with E-state index in [4.69, 9.17) is 9.47 Å². The Balaban J connectivity index is 1.55. The minimum atomic E-state index is 0.121. The van der Waals surface area contributed by atoms with Gasteiger partial charge < -0.3 is 14.9 Å². The number of hydrogen-bond acceptors (Lipinski definition) is 5. The summed E-state index contributed by atoms with van der Waals surface area (Å²) in [5.74, 6) is 1.99. The first-order chi connectivity index (χ1) is 13.8. The van der Waals surface area contributed by atoms with Crippen LogP contribution in [0.1, 0.15) is 36.9 Å². The molecule has 2 aromatic carbocycles. The number of ether oxygens (including phenoxy) is 2. The SMILES string of the molecule is CCCOc1c(OC)cccc1C1NN=C2CCN(Cc3ccccc3)CC21. The van der Waals surface area contributed by atoms with Crippen molar-refractivity contribution in [2.24, 2.45) is 11.0 Å². The maximum absolute atomic E-state index is 6.09. The molecule has 1 N–H and O–H groups in total. The molecule has 2 aromatic rings. The number of hydrogen-bond donors (Lipinski definition) is 1. The molecule has 0 amide bonds. The average molecular weight is 380 g/mol. The van der Waals surface area contributed by atoms with Gasteiger partial charge in [-0.3, -0.25) is 4.90 Å². The summed E-state index contributed by atoms with van der Waals surface area (Å²) in [6, 6.07) is 17.0. The third-order valence-electron chi connectivity index (χ3n) is 5.58. The highest BCUT2D eigenvalue weighted by atomic mass is 16.5. The zero-order chi connectivity index (χ0) is 19.3. The molecule has 5 nitrogen and oxygen atoms in total. The van der Waals surface area contributed by atoms with Crippen molar-refractivity contribution in [2.45, 2.75) is 32.4 Å². The molecule has 148 valence electrons. The van der Waals surface area contributed by atoms with E-state index in [2.05, 4.69) is 58.7 Å². The van der Waals surface area contributed by atoms with E-state index in [1.54, 1.807) is 7.11 Å². The van der Waals surface area contributed by atoms with E-state index in [0.717, 1.165) is 49.5 Å². The molecule has 0 bridgehead atoms. The molecule has 0 aromatic heterocycles. The van der Waals surface area contributed by atoms with Crippen LogP contribution in [0.5, 0.6) is 11.5 Å². The van der Waals surface area contributed by atoms with Crippen molar-refractivity contribution in [3.05, 3.63) is 59.7 Å². The molecule has 0 saturated carbocycles. The molecule has 1 saturated heterocycles. The normalized spacial score (nSPS) is 21.6. The van der Waals surface area contributed by atoms with Gasteiger partial charge >= 0.3 is 0 Å². The zero-order valence-electron chi connectivity index (χ0n) is 16.7. The van der Waals surface area contributed by atoms with Crippen molar-refractivity contribution >= 4 is 5.71 Å². The minimum absolute atomic E-state index is 0.121. The smallest absolute Gasteiger partial charge is 0.166 e. The number of piperidine rings is 1. The van der Waals surface area contributed by atoms with Gasteiger partial charge in [-0.1, -0.05) is 49.4 Å². The topological polar surface area (TPSA) is 46.1 Å². The lowest BCUT2D eigenvalue weighted by Gasteiger charge is -2.34. The number of hydrazone groups is 1. The fourth-order valence-electron chi connectivity index (χ4n) is 4.18. The Bertz CT molecular complexity index is 822. The Morgan fingerprint density at radius 2 is 2.00 bits per heavy atom. The van der Waals surface area contributed by atoms with Crippen LogP contribution in [0.4, 0.5) is 0 Å². The van der Waals surface area contributed by atoms with Crippen molar-refractivity contribution < 1.29 is 9.47 Å². The van der Waals surface area contributed by atoms with Gasteiger partial charge in [-0.15, -0.1) is 0 Å². The van der Waals surface area contributed by atoms with Crippen LogP contribution >= 0.6 is 0 Å². The zero-order valence-corrected chi connectivity index (χ0v) is 16.7. The number of benzene rings is 2. The molecule has 28 heavy (non-hydrogen) atoms. The fourth-order valence-corrected chi connectivity index (χ4v) is 4.18. The molecule has 2 aliphatic heterocycles. The Labute approximate surface area is 167 Å². The number of fused-ring (bicyclic) bond motifs is 1. The van der Waals surface area contributed by atoms with Gasteiger partial charge in [-0.2, -0.15) is 5.10 Å². The lowest BCUT2D eigenvalue weighted by molar-refractivity contribution is 0.217. The third-order valence-corrected chi connectivity index (χ3v) is 5.58. The maximum atomic E-state index is 6.09. The molecular weight excluding hydrogens is 350 g/mol. The van der Waals surface area contributed by atoms with Crippen molar-refractivity contribution in [1.29, 1.82) is 0 Å². The van der Waals surface area contributed by atoms with Crippen molar-refractivity contribution in [2.75, 3.05) is 26.8 Å². The second-order valence-electron chi connectivity index (χ2n) is 7.51. The van der Waals surface area contributed by atoms with Gasteiger partial charge in [0.1, 0.15) is 0 Å². The van der Waals surface area contributed by atoms with E-state index in [0.29, 0.717) is 12.5 Å². The minimum Gasteiger partial charge on any atom is -0.493 e. The molecule has 2 heterocycles. The predicted octanol–water partition coefficient (Wildman–Crippen LogP) is 4.01. The van der Waals surface area contributed by atoms with E-state index in [1.807, 2.05) is 12.1 Å².